The fourth-order valence-electron chi connectivity index (χ4n) is 3.75. The molecular weight excluding hydrogens is 418 g/mol. The molecule has 31 heavy (non-hydrogen) atoms. The molecule has 6 nitrogen and oxygen atoms in total. The molecule has 0 spiro atoms. The van der Waals surface area contributed by atoms with E-state index < -0.39 is 35.9 Å². The molecule has 0 aliphatic heterocycles. The van der Waals surface area contributed by atoms with E-state index in [1.54, 1.807) is 12.3 Å². The molecule has 0 amide bonds. The fraction of sp³-hybridized carbons (Fsp3) is 0.429. The highest BCUT2D eigenvalue weighted by atomic mass is 19.4. The SMILES string of the molecule is COc1ccc(F)cc1C(C)(C)CC(O)(Cc1nc(OC)c2cc[nH]c2n1)C(F)(F)F. The highest BCUT2D eigenvalue weighted by Crippen LogP contribution is 2.45. The molecule has 0 saturated carbocycles. The number of aromatic amines is 1. The summed E-state index contributed by atoms with van der Waals surface area (Å²) in [6.07, 6.45) is -5.15. The third-order valence-corrected chi connectivity index (χ3v) is 5.22. The zero-order valence-corrected chi connectivity index (χ0v) is 17.5. The van der Waals surface area contributed by atoms with Gasteiger partial charge in [0.2, 0.25) is 5.88 Å². The van der Waals surface area contributed by atoms with Crippen LogP contribution >= 0.6 is 0 Å². The molecule has 0 aliphatic rings. The number of alkyl halides is 3. The summed E-state index contributed by atoms with van der Waals surface area (Å²) in [6, 6.07) is 5.24. The number of halogens is 4. The van der Waals surface area contributed by atoms with Gasteiger partial charge in [-0.1, -0.05) is 13.8 Å². The van der Waals surface area contributed by atoms with Gasteiger partial charge in [0.15, 0.2) is 5.60 Å². The third kappa shape index (κ3) is 4.43. The lowest BCUT2D eigenvalue weighted by molar-refractivity contribution is -0.266. The second kappa shape index (κ2) is 7.99. The number of methoxy groups -OCH3 is 2. The maximum atomic E-state index is 14.1. The number of fused-ring (bicyclic) bond motifs is 1. The summed E-state index contributed by atoms with van der Waals surface area (Å²) < 4.78 is 66.5. The van der Waals surface area contributed by atoms with Crippen LogP contribution in [0.4, 0.5) is 17.6 Å². The van der Waals surface area contributed by atoms with Crippen LogP contribution in [0.5, 0.6) is 11.6 Å². The lowest BCUT2D eigenvalue weighted by Gasteiger charge is -2.38. The van der Waals surface area contributed by atoms with Crippen molar-refractivity contribution in [1.29, 1.82) is 0 Å². The molecule has 0 radical (unpaired) electrons. The Morgan fingerprint density at radius 3 is 2.39 bits per heavy atom. The van der Waals surface area contributed by atoms with Crippen molar-refractivity contribution < 1.29 is 32.1 Å². The smallest absolute Gasteiger partial charge is 0.417 e. The quantitative estimate of drug-likeness (QED) is 0.534. The Hall–Kier alpha value is -2.88. The van der Waals surface area contributed by atoms with E-state index in [0.717, 1.165) is 12.1 Å². The number of ether oxygens (including phenoxy) is 2. The zero-order chi connectivity index (χ0) is 23.0. The highest BCUT2D eigenvalue weighted by molar-refractivity contribution is 5.80. The van der Waals surface area contributed by atoms with Gasteiger partial charge in [0.25, 0.3) is 0 Å². The Bertz CT molecular complexity index is 1080. The average Bonchev–Trinajstić information content (AvgIpc) is 3.14. The van der Waals surface area contributed by atoms with E-state index >= 15 is 0 Å². The lowest BCUT2D eigenvalue weighted by atomic mass is 9.73. The van der Waals surface area contributed by atoms with Crippen LogP contribution in [0.3, 0.4) is 0 Å². The molecule has 3 rings (SSSR count). The molecule has 3 aromatic rings. The molecule has 0 bridgehead atoms. The van der Waals surface area contributed by atoms with Crippen molar-refractivity contribution >= 4 is 11.0 Å². The maximum absolute atomic E-state index is 14.1. The molecule has 1 aromatic carbocycles. The van der Waals surface area contributed by atoms with E-state index in [1.807, 2.05) is 0 Å². The topological polar surface area (TPSA) is 80.3 Å². The first-order chi connectivity index (χ1) is 14.4. The number of rotatable bonds is 7. The molecule has 0 aliphatic carbocycles. The summed E-state index contributed by atoms with van der Waals surface area (Å²) in [6.45, 7) is 2.97. The van der Waals surface area contributed by atoms with Gasteiger partial charge in [0.05, 0.1) is 19.6 Å². The number of benzene rings is 1. The number of hydrogen-bond donors (Lipinski definition) is 2. The van der Waals surface area contributed by atoms with Crippen molar-refractivity contribution in [2.45, 2.75) is 43.9 Å². The molecule has 0 fully saturated rings. The third-order valence-electron chi connectivity index (χ3n) is 5.22. The van der Waals surface area contributed by atoms with E-state index in [2.05, 4.69) is 15.0 Å². The van der Waals surface area contributed by atoms with Crippen LogP contribution in [0.2, 0.25) is 0 Å². The van der Waals surface area contributed by atoms with Gasteiger partial charge < -0.3 is 19.6 Å². The predicted octanol–water partition coefficient (Wildman–Crippen LogP) is 4.32. The molecule has 0 saturated heterocycles. The van der Waals surface area contributed by atoms with E-state index in [9.17, 15) is 22.7 Å². The minimum absolute atomic E-state index is 0.0943. The monoisotopic (exact) mass is 441 g/mol. The van der Waals surface area contributed by atoms with Crippen molar-refractivity contribution in [2.24, 2.45) is 0 Å². The predicted molar refractivity (Wildman–Crippen MR) is 106 cm³/mol. The van der Waals surface area contributed by atoms with E-state index in [1.165, 1.54) is 34.1 Å². The molecule has 10 heteroatoms. The van der Waals surface area contributed by atoms with Gasteiger partial charge in [0, 0.05) is 18.2 Å². The number of nitrogens with zero attached hydrogens (tertiary/aromatic N) is 2. The van der Waals surface area contributed by atoms with Crippen LogP contribution in [0.15, 0.2) is 30.5 Å². The van der Waals surface area contributed by atoms with E-state index in [4.69, 9.17) is 9.47 Å². The summed E-state index contributed by atoms with van der Waals surface area (Å²) in [4.78, 5) is 10.9. The normalized spacial score (nSPS) is 14.5. The van der Waals surface area contributed by atoms with E-state index in [-0.39, 0.29) is 28.7 Å². The second-order valence-corrected chi connectivity index (χ2v) is 8.00. The van der Waals surface area contributed by atoms with Crippen molar-refractivity contribution in [1.82, 2.24) is 15.0 Å². The largest absolute Gasteiger partial charge is 0.496 e. The first kappa shape index (κ1) is 22.8. The number of H-pyrrole nitrogens is 1. The van der Waals surface area contributed by atoms with Crippen LogP contribution < -0.4 is 9.47 Å². The molecule has 2 heterocycles. The zero-order valence-electron chi connectivity index (χ0n) is 17.5. The lowest BCUT2D eigenvalue weighted by Crippen LogP contribution is -2.51. The number of aliphatic hydroxyl groups is 1. The van der Waals surface area contributed by atoms with Gasteiger partial charge in [0.1, 0.15) is 23.0 Å². The molecule has 2 N–H and O–H groups in total. The summed E-state index contributed by atoms with van der Waals surface area (Å²) in [5.41, 5.74) is -4.01. The molecular formula is C21H23F4N3O3. The Kier molecular flexibility index (Phi) is 5.88. The molecule has 168 valence electrons. The van der Waals surface area contributed by atoms with Gasteiger partial charge >= 0.3 is 6.18 Å². The van der Waals surface area contributed by atoms with Gasteiger partial charge in [-0.15, -0.1) is 0 Å². The Labute approximate surface area is 176 Å². The summed E-state index contributed by atoms with van der Waals surface area (Å²) >= 11 is 0. The van der Waals surface area contributed by atoms with Gasteiger partial charge in [-0.2, -0.15) is 18.2 Å². The van der Waals surface area contributed by atoms with Crippen molar-refractivity contribution in [3.05, 3.63) is 47.7 Å². The first-order valence-corrected chi connectivity index (χ1v) is 9.41. The minimum atomic E-state index is -5.01. The first-order valence-electron chi connectivity index (χ1n) is 9.41. The van der Waals surface area contributed by atoms with Gasteiger partial charge in [-0.25, -0.2) is 9.37 Å². The summed E-state index contributed by atoms with van der Waals surface area (Å²) in [5, 5.41) is 11.3. The standard InChI is InChI=1S/C21H23F4N3O3/c1-19(2,14-9-12(22)5-6-15(14)30-3)11-20(29,21(23,24)25)10-16-27-17-13(7-8-26-17)18(28-16)31-4/h5-9,29H,10-11H2,1-4H3,(H,26,27,28). The number of hydrogen-bond acceptors (Lipinski definition) is 5. The van der Waals surface area contributed by atoms with Crippen LogP contribution in [0.25, 0.3) is 11.0 Å². The maximum Gasteiger partial charge on any atom is 0.417 e. The Morgan fingerprint density at radius 2 is 1.77 bits per heavy atom. The average molecular weight is 441 g/mol. The highest BCUT2D eigenvalue weighted by Gasteiger charge is 2.56. The second-order valence-electron chi connectivity index (χ2n) is 8.00. The van der Waals surface area contributed by atoms with Crippen LogP contribution in [-0.2, 0) is 11.8 Å². The summed E-state index contributed by atoms with van der Waals surface area (Å²) in [7, 11) is 2.68. The summed E-state index contributed by atoms with van der Waals surface area (Å²) in [5.74, 6) is -0.545. The van der Waals surface area contributed by atoms with Crippen molar-refractivity contribution in [2.75, 3.05) is 14.2 Å². The molecule has 1 atom stereocenters. The van der Waals surface area contributed by atoms with Gasteiger partial charge in [-0.3, -0.25) is 0 Å². The number of nitrogens with one attached hydrogen (secondary N) is 1. The van der Waals surface area contributed by atoms with Gasteiger partial charge in [-0.05, 0) is 36.1 Å². The molecule has 2 aromatic heterocycles. The Balaban J connectivity index is 2.03. The fourth-order valence-corrected chi connectivity index (χ4v) is 3.75. The van der Waals surface area contributed by atoms with E-state index in [0.29, 0.717) is 5.39 Å². The molecule has 1 unspecified atom stereocenters. The van der Waals surface area contributed by atoms with Crippen LogP contribution in [0.1, 0.15) is 31.7 Å². The number of aromatic nitrogens is 3. The van der Waals surface area contributed by atoms with Crippen LogP contribution in [-0.4, -0.2) is 46.1 Å². The van der Waals surface area contributed by atoms with Crippen molar-refractivity contribution in [3.8, 4) is 11.6 Å². The van der Waals surface area contributed by atoms with Crippen LogP contribution in [0, 0.1) is 5.82 Å². The Morgan fingerprint density at radius 1 is 1.06 bits per heavy atom. The van der Waals surface area contributed by atoms with Crippen molar-refractivity contribution in [3.63, 3.8) is 0 Å². The minimum Gasteiger partial charge on any atom is -0.496 e.